The molecular formula is C58H42N2. The smallest absolute Gasteiger partial charge is 0.145 e. The maximum atomic E-state index is 5.15. The summed E-state index contributed by atoms with van der Waals surface area (Å²) in [5.41, 5.74) is 15.9. The first-order chi connectivity index (χ1) is 29.8. The van der Waals surface area contributed by atoms with Crippen LogP contribution in [0.5, 0.6) is 0 Å². The van der Waals surface area contributed by atoms with E-state index < -0.39 is 0 Å². The molecule has 0 radical (unpaired) electrons. The highest BCUT2D eigenvalue weighted by atomic mass is 15.1. The average molecular weight is 767 g/mol. The monoisotopic (exact) mass is 766 g/mol. The lowest BCUT2D eigenvalue weighted by atomic mass is 9.76. The van der Waals surface area contributed by atoms with Gasteiger partial charge >= 0.3 is 0 Å². The van der Waals surface area contributed by atoms with Crippen molar-refractivity contribution in [3.8, 4) is 39.3 Å². The van der Waals surface area contributed by atoms with E-state index in [1.54, 1.807) is 0 Å². The van der Waals surface area contributed by atoms with Crippen molar-refractivity contribution in [3.63, 3.8) is 0 Å². The summed E-state index contributed by atoms with van der Waals surface area (Å²) in [4.78, 5) is 5.15. The van der Waals surface area contributed by atoms with Gasteiger partial charge in [-0.05, 0) is 115 Å². The Bertz CT molecular complexity index is 3230. The molecule has 1 aliphatic carbocycles. The third-order valence-corrected chi connectivity index (χ3v) is 12.3. The predicted molar refractivity (Wildman–Crippen MR) is 253 cm³/mol. The fourth-order valence-electron chi connectivity index (χ4n) is 9.51. The van der Waals surface area contributed by atoms with E-state index in [2.05, 4.69) is 229 Å². The second-order valence-electron chi connectivity index (χ2n) is 15.8. The molecule has 0 aliphatic heterocycles. The Kier molecular flexibility index (Phi) is 9.09. The second kappa shape index (κ2) is 15.3. The zero-order chi connectivity index (χ0) is 39.8. The van der Waals surface area contributed by atoms with Crippen LogP contribution in [-0.4, -0.2) is 9.55 Å². The molecule has 2 heteroatoms. The molecule has 60 heavy (non-hydrogen) atoms. The van der Waals surface area contributed by atoms with Gasteiger partial charge < -0.3 is 0 Å². The minimum atomic E-state index is 0.212. The van der Waals surface area contributed by atoms with E-state index in [-0.39, 0.29) is 5.92 Å². The van der Waals surface area contributed by atoms with Crippen molar-refractivity contribution in [3.05, 3.63) is 247 Å². The molecule has 1 atom stereocenters. The molecule has 0 saturated carbocycles. The van der Waals surface area contributed by atoms with Gasteiger partial charge in [0.2, 0.25) is 0 Å². The number of rotatable bonds is 8. The minimum absolute atomic E-state index is 0.212. The quantitative estimate of drug-likeness (QED) is 0.141. The Labute approximate surface area is 351 Å². The normalized spacial score (nSPS) is 13.9. The molecule has 0 bridgehead atoms. The molecule has 11 rings (SSSR count). The van der Waals surface area contributed by atoms with Crippen LogP contribution in [0.15, 0.2) is 224 Å². The van der Waals surface area contributed by atoms with Crippen LogP contribution < -0.4 is 0 Å². The van der Waals surface area contributed by atoms with Crippen molar-refractivity contribution < 1.29 is 0 Å². The number of allylic oxidation sites excluding steroid dienone is 4. The van der Waals surface area contributed by atoms with Crippen molar-refractivity contribution >= 4 is 38.2 Å². The van der Waals surface area contributed by atoms with E-state index >= 15 is 0 Å². The Morgan fingerprint density at radius 2 is 1.10 bits per heavy atom. The largest absolute Gasteiger partial charge is 0.292 e. The lowest BCUT2D eigenvalue weighted by molar-refractivity contribution is 0.890. The van der Waals surface area contributed by atoms with Crippen LogP contribution in [0.1, 0.15) is 34.6 Å². The third kappa shape index (κ3) is 6.34. The van der Waals surface area contributed by atoms with E-state index in [4.69, 9.17) is 4.98 Å². The number of benzene rings is 9. The summed E-state index contributed by atoms with van der Waals surface area (Å²) in [7, 11) is 0. The maximum Gasteiger partial charge on any atom is 0.145 e. The Hall–Kier alpha value is -7.55. The molecule has 10 aromatic rings. The summed E-state index contributed by atoms with van der Waals surface area (Å²) in [6.07, 6.45) is 8.66. The van der Waals surface area contributed by atoms with E-state index in [0.29, 0.717) is 0 Å². The van der Waals surface area contributed by atoms with Gasteiger partial charge in [-0.3, -0.25) is 4.57 Å². The number of hydrogen-bond acceptors (Lipinski definition) is 1. The van der Waals surface area contributed by atoms with Crippen molar-refractivity contribution in [1.82, 2.24) is 9.55 Å². The van der Waals surface area contributed by atoms with Gasteiger partial charge in [-0.2, -0.15) is 0 Å². The summed E-state index contributed by atoms with van der Waals surface area (Å²) in [5.74, 6) is 1.15. The second-order valence-corrected chi connectivity index (χ2v) is 15.8. The van der Waals surface area contributed by atoms with Gasteiger partial charge in [-0.1, -0.05) is 194 Å². The van der Waals surface area contributed by atoms with E-state index in [0.717, 1.165) is 41.0 Å². The highest BCUT2D eigenvalue weighted by Gasteiger charge is 2.26. The minimum Gasteiger partial charge on any atom is -0.292 e. The molecule has 0 fully saturated rings. The molecule has 0 N–H and O–H groups in total. The molecule has 2 nitrogen and oxygen atoms in total. The number of aromatic nitrogens is 2. The number of fused-ring (bicyclic) bond motifs is 3. The number of nitrogens with zero attached hydrogens (tertiary/aromatic N) is 2. The predicted octanol–water partition coefficient (Wildman–Crippen LogP) is 15.1. The van der Waals surface area contributed by atoms with Crippen LogP contribution >= 0.6 is 0 Å². The van der Waals surface area contributed by atoms with Crippen molar-refractivity contribution in [2.45, 2.75) is 18.8 Å². The van der Waals surface area contributed by atoms with Crippen molar-refractivity contribution in [2.24, 2.45) is 0 Å². The molecule has 0 spiro atoms. The molecule has 284 valence electrons. The van der Waals surface area contributed by atoms with Crippen LogP contribution in [0.25, 0.3) is 77.5 Å². The Morgan fingerprint density at radius 3 is 1.90 bits per heavy atom. The number of para-hydroxylation sites is 3. The first kappa shape index (κ1) is 35.6. The summed E-state index contributed by atoms with van der Waals surface area (Å²) in [5, 5.41) is 5.27. The van der Waals surface area contributed by atoms with Crippen LogP contribution in [0, 0.1) is 0 Å². The van der Waals surface area contributed by atoms with Crippen molar-refractivity contribution in [1.29, 1.82) is 0 Å². The number of imidazole rings is 1. The van der Waals surface area contributed by atoms with Crippen LogP contribution in [0.2, 0.25) is 0 Å². The highest BCUT2D eigenvalue weighted by molar-refractivity contribution is 6.09. The van der Waals surface area contributed by atoms with Crippen molar-refractivity contribution in [2.75, 3.05) is 0 Å². The average Bonchev–Trinajstić information content (AvgIpc) is 3.72. The van der Waals surface area contributed by atoms with E-state index in [9.17, 15) is 0 Å². The van der Waals surface area contributed by atoms with Crippen LogP contribution in [0.3, 0.4) is 0 Å². The molecule has 0 saturated heterocycles. The van der Waals surface area contributed by atoms with E-state index in [1.807, 2.05) is 0 Å². The van der Waals surface area contributed by atoms with Gasteiger partial charge in [0.25, 0.3) is 0 Å². The molecule has 1 aliphatic rings. The van der Waals surface area contributed by atoms with Gasteiger partial charge in [-0.15, -0.1) is 0 Å². The molecule has 1 heterocycles. The molecule has 9 aromatic carbocycles. The molecule has 1 unspecified atom stereocenters. The SMILES string of the molecule is C1=CCC(c2c3ccccc3c(Cc3ccccc3-c3ccccc3)c3cc(-c4ccc(-c5nc6ccccc6n5-c5ccccc5)cc4)ccc23)C(c2ccccc2)=C1. The summed E-state index contributed by atoms with van der Waals surface area (Å²) in [6, 6.07) is 74.9. The zero-order valence-corrected chi connectivity index (χ0v) is 33.2. The molecule has 0 amide bonds. The maximum absolute atomic E-state index is 5.15. The lowest BCUT2D eigenvalue weighted by Crippen LogP contribution is -2.07. The van der Waals surface area contributed by atoms with E-state index in [1.165, 1.54) is 71.6 Å². The van der Waals surface area contributed by atoms with Crippen LogP contribution in [-0.2, 0) is 6.42 Å². The first-order valence-electron chi connectivity index (χ1n) is 20.9. The summed E-state index contributed by atoms with van der Waals surface area (Å²) in [6.45, 7) is 0. The topological polar surface area (TPSA) is 17.8 Å². The molecular weight excluding hydrogens is 725 g/mol. The fourth-order valence-corrected chi connectivity index (χ4v) is 9.51. The standard InChI is InChI=1S/C58H42N2/c1-4-18-41(19-5-1)47-25-11-10-22-45(47)39-53-49-27-13-15-29-51(49)57(50-28-14-12-26-48(50)42-20-6-2-7-21-42)52-37-36-44(38-54(52)53)40-32-34-43(35-33-40)58-59-55-30-16-17-31-56(55)60(58)46-23-8-3-9-24-46/h1-27,29-38,50H,28,39H2. The van der Waals surface area contributed by atoms with Gasteiger partial charge in [0.15, 0.2) is 0 Å². The summed E-state index contributed by atoms with van der Waals surface area (Å²) >= 11 is 0. The number of hydrogen-bond donors (Lipinski definition) is 0. The zero-order valence-electron chi connectivity index (χ0n) is 33.2. The van der Waals surface area contributed by atoms with Gasteiger partial charge in [0.05, 0.1) is 11.0 Å². The third-order valence-electron chi connectivity index (χ3n) is 12.3. The van der Waals surface area contributed by atoms with Gasteiger partial charge in [0, 0.05) is 17.2 Å². The lowest BCUT2D eigenvalue weighted by Gasteiger charge is -2.27. The first-order valence-corrected chi connectivity index (χ1v) is 20.9. The molecule has 1 aromatic heterocycles. The Balaban J connectivity index is 1.10. The van der Waals surface area contributed by atoms with Gasteiger partial charge in [-0.25, -0.2) is 4.98 Å². The highest BCUT2D eigenvalue weighted by Crippen LogP contribution is 2.47. The Morgan fingerprint density at radius 1 is 0.483 bits per heavy atom. The summed E-state index contributed by atoms with van der Waals surface area (Å²) < 4.78 is 2.27. The van der Waals surface area contributed by atoms with Gasteiger partial charge in [0.1, 0.15) is 5.82 Å². The van der Waals surface area contributed by atoms with Crippen LogP contribution in [0.4, 0.5) is 0 Å². The fraction of sp³-hybridized carbons (Fsp3) is 0.0517.